The van der Waals surface area contributed by atoms with Gasteiger partial charge in [-0.3, -0.25) is 0 Å². The van der Waals surface area contributed by atoms with Gasteiger partial charge in [0.25, 0.3) is 0 Å². The van der Waals surface area contributed by atoms with Crippen molar-refractivity contribution in [1.29, 1.82) is 0 Å². The van der Waals surface area contributed by atoms with Gasteiger partial charge in [-0.2, -0.15) is 0 Å². The summed E-state index contributed by atoms with van der Waals surface area (Å²) >= 11 is 9.64. The van der Waals surface area contributed by atoms with Crippen LogP contribution in [0.5, 0.6) is 0 Å². The molecule has 0 aliphatic heterocycles. The quantitative estimate of drug-likeness (QED) is 0.856. The van der Waals surface area contributed by atoms with E-state index in [1.54, 1.807) is 0 Å². The van der Waals surface area contributed by atoms with Gasteiger partial charge >= 0.3 is 0 Å². The van der Waals surface area contributed by atoms with Gasteiger partial charge in [-0.25, -0.2) is 0 Å². The number of rotatable bonds is 5. The summed E-state index contributed by atoms with van der Waals surface area (Å²) in [4.78, 5) is 0. The van der Waals surface area contributed by atoms with Crippen LogP contribution in [0.4, 0.5) is 0 Å². The van der Waals surface area contributed by atoms with E-state index in [2.05, 4.69) is 48.1 Å². The number of hydrogen-bond donors (Lipinski definition) is 1. The molecule has 16 heavy (non-hydrogen) atoms. The zero-order valence-electron chi connectivity index (χ0n) is 10.1. The van der Waals surface area contributed by atoms with Crippen molar-refractivity contribution in [3.8, 4) is 0 Å². The third-order valence-electron chi connectivity index (χ3n) is 2.73. The second-order valence-corrected chi connectivity index (χ2v) is 5.67. The second kappa shape index (κ2) is 6.63. The minimum Gasteiger partial charge on any atom is -0.314 e. The number of benzene rings is 1. The van der Waals surface area contributed by atoms with Gasteiger partial charge in [-0.15, -0.1) is 0 Å². The lowest BCUT2D eigenvalue weighted by Gasteiger charge is -2.22. The Morgan fingerprint density at radius 1 is 1.38 bits per heavy atom. The summed E-state index contributed by atoms with van der Waals surface area (Å²) in [7, 11) is 0. The van der Waals surface area contributed by atoms with Crippen molar-refractivity contribution >= 4 is 27.5 Å². The fourth-order valence-corrected chi connectivity index (χ4v) is 2.48. The summed E-state index contributed by atoms with van der Waals surface area (Å²) in [5.74, 6) is 0.611. The maximum Gasteiger partial charge on any atom is 0.0449 e. The molecule has 0 bridgehead atoms. The minimum absolute atomic E-state index is 0.490. The zero-order chi connectivity index (χ0) is 12.1. The first-order valence-corrected chi connectivity index (χ1v) is 6.89. The van der Waals surface area contributed by atoms with Crippen LogP contribution in [-0.2, 0) is 6.42 Å². The molecule has 0 amide bonds. The lowest BCUT2D eigenvalue weighted by Crippen LogP contribution is -2.35. The molecule has 0 heterocycles. The van der Waals surface area contributed by atoms with E-state index in [-0.39, 0.29) is 0 Å². The Labute approximate surface area is 112 Å². The highest BCUT2D eigenvalue weighted by Crippen LogP contribution is 2.23. The topological polar surface area (TPSA) is 12.0 Å². The number of hydrogen-bond acceptors (Lipinski definition) is 1. The summed E-state index contributed by atoms with van der Waals surface area (Å²) < 4.78 is 1.03. The first-order chi connectivity index (χ1) is 7.54. The van der Waals surface area contributed by atoms with Gasteiger partial charge in [0.2, 0.25) is 0 Å². The van der Waals surface area contributed by atoms with Crippen molar-refractivity contribution in [2.45, 2.75) is 33.2 Å². The van der Waals surface area contributed by atoms with E-state index in [4.69, 9.17) is 11.6 Å². The fourth-order valence-electron chi connectivity index (χ4n) is 1.73. The fraction of sp³-hybridized carbons (Fsp3) is 0.538. The van der Waals surface area contributed by atoms with Gasteiger partial charge in [0, 0.05) is 15.5 Å². The largest absolute Gasteiger partial charge is 0.314 e. The van der Waals surface area contributed by atoms with Crippen molar-refractivity contribution in [3.63, 3.8) is 0 Å². The summed E-state index contributed by atoms with van der Waals surface area (Å²) in [6.07, 6.45) is 0.984. The Hall–Kier alpha value is -0.0500. The number of halogens is 2. The second-order valence-electron chi connectivity index (χ2n) is 4.35. The molecule has 0 aromatic heterocycles. The molecular weight excluding hydrogens is 286 g/mol. The average Bonchev–Trinajstić information content (AvgIpc) is 2.20. The van der Waals surface area contributed by atoms with Crippen molar-refractivity contribution in [1.82, 2.24) is 5.32 Å². The molecular formula is C13H19BrClN. The maximum absolute atomic E-state index is 6.22. The van der Waals surface area contributed by atoms with E-state index >= 15 is 0 Å². The van der Waals surface area contributed by atoms with Crippen LogP contribution in [0.1, 0.15) is 26.3 Å². The first-order valence-electron chi connectivity index (χ1n) is 5.72. The molecule has 0 saturated carbocycles. The molecule has 1 atom stereocenters. The van der Waals surface area contributed by atoms with E-state index in [0.29, 0.717) is 12.0 Å². The predicted octanol–water partition coefficient (Wildman–Crippen LogP) is 4.28. The van der Waals surface area contributed by atoms with E-state index in [9.17, 15) is 0 Å². The Balaban J connectivity index is 2.77. The highest BCUT2D eigenvalue weighted by Gasteiger charge is 2.14. The van der Waals surface area contributed by atoms with Crippen LogP contribution >= 0.6 is 27.5 Å². The molecule has 90 valence electrons. The lowest BCUT2D eigenvalue weighted by molar-refractivity contribution is 0.405. The standard InChI is InChI=1S/C13H19BrClN/c1-4-16-13(9(2)3)7-10-5-6-11(14)8-12(10)15/h5-6,8-9,13,16H,4,7H2,1-3H3. The van der Waals surface area contributed by atoms with Gasteiger partial charge in [-0.05, 0) is 36.6 Å². The molecule has 0 radical (unpaired) electrons. The predicted molar refractivity (Wildman–Crippen MR) is 75.2 cm³/mol. The summed E-state index contributed by atoms with van der Waals surface area (Å²) in [6, 6.07) is 6.59. The molecule has 1 aromatic rings. The number of likely N-dealkylation sites (N-methyl/N-ethyl adjacent to an activating group) is 1. The summed E-state index contributed by atoms with van der Waals surface area (Å²) in [5, 5.41) is 4.35. The van der Waals surface area contributed by atoms with Crippen LogP contribution in [0.25, 0.3) is 0 Å². The molecule has 0 spiro atoms. The van der Waals surface area contributed by atoms with E-state index in [1.807, 2.05) is 12.1 Å². The number of nitrogens with one attached hydrogen (secondary N) is 1. The highest BCUT2D eigenvalue weighted by molar-refractivity contribution is 9.10. The summed E-state index contributed by atoms with van der Waals surface area (Å²) in [5.41, 5.74) is 1.21. The van der Waals surface area contributed by atoms with Gasteiger partial charge < -0.3 is 5.32 Å². The third kappa shape index (κ3) is 4.08. The molecule has 0 saturated heterocycles. The van der Waals surface area contributed by atoms with Crippen LogP contribution < -0.4 is 5.32 Å². The van der Waals surface area contributed by atoms with E-state index < -0.39 is 0 Å². The monoisotopic (exact) mass is 303 g/mol. The van der Waals surface area contributed by atoms with Crippen LogP contribution in [0.2, 0.25) is 5.02 Å². The Kier molecular flexibility index (Phi) is 5.81. The van der Waals surface area contributed by atoms with Gasteiger partial charge in [0.15, 0.2) is 0 Å². The summed E-state index contributed by atoms with van der Waals surface area (Å²) in [6.45, 7) is 7.61. The van der Waals surface area contributed by atoms with Crippen molar-refractivity contribution < 1.29 is 0 Å². The molecule has 1 rings (SSSR count). The van der Waals surface area contributed by atoms with Crippen molar-refractivity contribution in [3.05, 3.63) is 33.3 Å². The van der Waals surface area contributed by atoms with E-state index in [0.717, 1.165) is 22.5 Å². The molecule has 3 heteroatoms. The Morgan fingerprint density at radius 2 is 2.06 bits per heavy atom. The highest BCUT2D eigenvalue weighted by atomic mass is 79.9. The molecule has 1 nitrogen and oxygen atoms in total. The van der Waals surface area contributed by atoms with Crippen LogP contribution in [0, 0.1) is 5.92 Å². The van der Waals surface area contributed by atoms with Crippen molar-refractivity contribution in [2.24, 2.45) is 5.92 Å². The van der Waals surface area contributed by atoms with Crippen LogP contribution in [0.15, 0.2) is 22.7 Å². The average molecular weight is 305 g/mol. The lowest BCUT2D eigenvalue weighted by atomic mass is 9.96. The zero-order valence-corrected chi connectivity index (χ0v) is 12.4. The van der Waals surface area contributed by atoms with E-state index in [1.165, 1.54) is 5.56 Å². The maximum atomic E-state index is 6.22. The Morgan fingerprint density at radius 3 is 2.56 bits per heavy atom. The Bertz CT molecular complexity index is 339. The first kappa shape index (κ1) is 14.0. The molecule has 0 aliphatic carbocycles. The molecule has 0 aliphatic rings. The third-order valence-corrected chi connectivity index (χ3v) is 3.57. The molecule has 1 aromatic carbocycles. The van der Waals surface area contributed by atoms with Gasteiger partial charge in [0.1, 0.15) is 0 Å². The normalized spacial score (nSPS) is 13.1. The van der Waals surface area contributed by atoms with Crippen molar-refractivity contribution in [2.75, 3.05) is 6.54 Å². The van der Waals surface area contributed by atoms with Crippen LogP contribution in [0.3, 0.4) is 0 Å². The molecule has 0 fully saturated rings. The minimum atomic E-state index is 0.490. The SMILES string of the molecule is CCNC(Cc1ccc(Br)cc1Cl)C(C)C. The smallest absolute Gasteiger partial charge is 0.0449 e. The molecule has 1 N–H and O–H groups in total. The van der Waals surface area contributed by atoms with Gasteiger partial charge in [-0.1, -0.05) is 54.4 Å². The van der Waals surface area contributed by atoms with Gasteiger partial charge in [0.05, 0.1) is 0 Å². The molecule has 1 unspecified atom stereocenters. The van der Waals surface area contributed by atoms with Crippen LogP contribution in [-0.4, -0.2) is 12.6 Å².